The molecule has 0 unspecified atom stereocenters. The summed E-state index contributed by atoms with van der Waals surface area (Å²) in [6.45, 7) is 4.89. The van der Waals surface area contributed by atoms with Crippen molar-refractivity contribution in [3.8, 4) is 17.2 Å². The molecule has 1 aromatic carbocycles. The minimum absolute atomic E-state index is 0.0635. The Bertz CT molecular complexity index is 880. The number of H-pyrrole nitrogens is 1. The summed E-state index contributed by atoms with van der Waals surface area (Å²) in [6.07, 6.45) is 2.87. The van der Waals surface area contributed by atoms with Crippen molar-refractivity contribution in [1.29, 1.82) is 0 Å². The van der Waals surface area contributed by atoms with Gasteiger partial charge in [-0.3, -0.25) is 9.69 Å². The van der Waals surface area contributed by atoms with Gasteiger partial charge in [-0.15, -0.1) is 0 Å². The lowest BCUT2D eigenvalue weighted by Crippen LogP contribution is -2.35. The Labute approximate surface area is 158 Å². The number of hydrogen-bond acceptors (Lipinski definition) is 6. The molecule has 1 N–H and O–H groups in total. The minimum atomic E-state index is -0.0635. The summed E-state index contributed by atoms with van der Waals surface area (Å²) < 4.78 is 16.5. The zero-order valence-electron chi connectivity index (χ0n) is 15.8. The number of methoxy groups -OCH3 is 1. The molecule has 1 aromatic heterocycles. The SMILES string of the molecule is CCc1cc(=O)[nH]c([C@@H]2CCCN(Cc3cc4c(cc3OC)OCO4)C2)n1. The van der Waals surface area contributed by atoms with E-state index in [1.54, 1.807) is 13.2 Å². The van der Waals surface area contributed by atoms with Crippen LogP contribution in [0.5, 0.6) is 17.2 Å². The zero-order valence-corrected chi connectivity index (χ0v) is 15.8. The first-order chi connectivity index (χ1) is 13.2. The van der Waals surface area contributed by atoms with Gasteiger partial charge in [0.1, 0.15) is 11.6 Å². The number of fused-ring (bicyclic) bond motifs is 1. The largest absolute Gasteiger partial charge is 0.496 e. The van der Waals surface area contributed by atoms with Crippen LogP contribution in [-0.2, 0) is 13.0 Å². The average Bonchev–Trinajstić information content (AvgIpc) is 3.14. The molecule has 2 aliphatic rings. The summed E-state index contributed by atoms with van der Waals surface area (Å²) in [7, 11) is 1.67. The number of nitrogens with zero attached hydrogens (tertiary/aromatic N) is 2. The molecule has 0 amide bonds. The van der Waals surface area contributed by atoms with Crippen LogP contribution in [0, 0.1) is 0 Å². The van der Waals surface area contributed by atoms with Crippen LogP contribution in [-0.4, -0.2) is 41.9 Å². The lowest BCUT2D eigenvalue weighted by Gasteiger charge is -2.32. The molecule has 1 atom stereocenters. The predicted octanol–water partition coefficient (Wildman–Crippen LogP) is 2.45. The molecule has 7 heteroatoms. The van der Waals surface area contributed by atoms with Crippen LogP contribution in [0.2, 0.25) is 0 Å². The zero-order chi connectivity index (χ0) is 18.8. The Balaban J connectivity index is 1.53. The molecular weight excluding hydrogens is 346 g/mol. The summed E-state index contributed by atoms with van der Waals surface area (Å²) in [5.41, 5.74) is 1.86. The molecular formula is C20H25N3O4. The molecule has 144 valence electrons. The fraction of sp³-hybridized carbons (Fsp3) is 0.500. The molecule has 0 aliphatic carbocycles. The van der Waals surface area contributed by atoms with Gasteiger partial charge in [0.05, 0.1) is 7.11 Å². The Hall–Kier alpha value is -2.54. The second-order valence-electron chi connectivity index (χ2n) is 7.07. The summed E-state index contributed by atoms with van der Waals surface area (Å²) in [4.78, 5) is 21.9. The van der Waals surface area contributed by atoms with Gasteiger partial charge in [-0.25, -0.2) is 4.98 Å². The van der Waals surface area contributed by atoms with Crippen molar-refractivity contribution in [3.63, 3.8) is 0 Å². The molecule has 3 heterocycles. The summed E-state index contributed by atoms with van der Waals surface area (Å²) in [5, 5.41) is 0. The molecule has 7 nitrogen and oxygen atoms in total. The van der Waals surface area contributed by atoms with Gasteiger partial charge in [0, 0.05) is 42.4 Å². The number of aromatic amines is 1. The quantitative estimate of drug-likeness (QED) is 0.870. The van der Waals surface area contributed by atoms with Crippen molar-refractivity contribution in [3.05, 3.63) is 45.6 Å². The van der Waals surface area contributed by atoms with Crippen molar-refractivity contribution in [2.75, 3.05) is 27.0 Å². The maximum atomic E-state index is 11.9. The van der Waals surface area contributed by atoms with E-state index in [1.165, 1.54) is 0 Å². The topological polar surface area (TPSA) is 76.7 Å². The number of likely N-dealkylation sites (tertiary alicyclic amines) is 1. The highest BCUT2D eigenvalue weighted by atomic mass is 16.7. The Morgan fingerprint density at radius 3 is 2.89 bits per heavy atom. The lowest BCUT2D eigenvalue weighted by atomic mass is 9.96. The summed E-state index contributed by atoms with van der Waals surface area (Å²) >= 11 is 0. The smallest absolute Gasteiger partial charge is 0.251 e. The van der Waals surface area contributed by atoms with E-state index < -0.39 is 0 Å². The number of ether oxygens (including phenoxy) is 3. The maximum Gasteiger partial charge on any atom is 0.251 e. The van der Waals surface area contributed by atoms with Crippen LogP contribution in [0.3, 0.4) is 0 Å². The van der Waals surface area contributed by atoms with Crippen molar-refractivity contribution in [1.82, 2.24) is 14.9 Å². The summed E-state index contributed by atoms with van der Waals surface area (Å²) in [5.74, 6) is 3.34. The average molecular weight is 371 g/mol. The second-order valence-corrected chi connectivity index (χ2v) is 7.07. The number of nitrogens with one attached hydrogen (secondary N) is 1. The van der Waals surface area contributed by atoms with Crippen LogP contribution in [0.4, 0.5) is 0 Å². The monoisotopic (exact) mass is 371 g/mol. The number of aromatic nitrogens is 2. The third-order valence-corrected chi connectivity index (χ3v) is 5.24. The number of aryl methyl sites for hydroxylation is 1. The molecule has 1 fully saturated rings. The van der Waals surface area contributed by atoms with E-state index in [2.05, 4.69) is 14.9 Å². The fourth-order valence-corrected chi connectivity index (χ4v) is 3.85. The molecule has 1 saturated heterocycles. The van der Waals surface area contributed by atoms with Gasteiger partial charge in [0.15, 0.2) is 11.5 Å². The van der Waals surface area contributed by atoms with E-state index >= 15 is 0 Å². The van der Waals surface area contributed by atoms with Crippen LogP contribution in [0.15, 0.2) is 23.0 Å². The molecule has 0 radical (unpaired) electrons. The van der Waals surface area contributed by atoms with Gasteiger partial charge in [-0.1, -0.05) is 6.92 Å². The number of rotatable bonds is 5. The van der Waals surface area contributed by atoms with E-state index in [9.17, 15) is 4.79 Å². The number of piperidine rings is 1. The fourth-order valence-electron chi connectivity index (χ4n) is 3.85. The molecule has 4 rings (SSSR count). The predicted molar refractivity (Wildman–Crippen MR) is 101 cm³/mol. The van der Waals surface area contributed by atoms with Crippen molar-refractivity contribution in [2.45, 2.75) is 38.6 Å². The highest BCUT2D eigenvalue weighted by Gasteiger charge is 2.25. The van der Waals surface area contributed by atoms with Crippen molar-refractivity contribution in [2.24, 2.45) is 0 Å². The normalized spacial score (nSPS) is 19.3. The molecule has 2 aliphatic heterocycles. The van der Waals surface area contributed by atoms with Gasteiger partial charge in [-0.05, 0) is 31.9 Å². The lowest BCUT2D eigenvalue weighted by molar-refractivity contribution is 0.173. The highest BCUT2D eigenvalue weighted by molar-refractivity contribution is 5.51. The first-order valence-electron chi connectivity index (χ1n) is 9.45. The first kappa shape index (κ1) is 17.9. The van der Waals surface area contributed by atoms with Gasteiger partial charge in [0.2, 0.25) is 6.79 Å². The van der Waals surface area contributed by atoms with Crippen molar-refractivity contribution < 1.29 is 14.2 Å². The van der Waals surface area contributed by atoms with Gasteiger partial charge < -0.3 is 19.2 Å². The van der Waals surface area contributed by atoms with E-state index in [1.807, 2.05) is 19.1 Å². The van der Waals surface area contributed by atoms with Crippen LogP contribution >= 0.6 is 0 Å². The van der Waals surface area contributed by atoms with Gasteiger partial charge in [0.25, 0.3) is 5.56 Å². The van der Waals surface area contributed by atoms with E-state index in [0.29, 0.717) is 0 Å². The van der Waals surface area contributed by atoms with Crippen molar-refractivity contribution >= 4 is 0 Å². The molecule has 0 spiro atoms. The van der Waals surface area contributed by atoms with E-state index in [-0.39, 0.29) is 18.3 Å². The molecule has 0 bridgehead atoms. The van der Waals surface area contributed by atoms with Gasteiger partial charge in [-0.2, -0.15) is 0 Å². The van der Waals surface area contributed by atoms with Crippen LogP contribution in [0.25, 0.3) is 0 Å². The Morgan fingerprint density at radius 2 is 2.11 bits per heavy atom. The first-order valence-corrected chi connectivity index (χ1v) is 9.45. The second kappa shape index (κ2) is 7.60. The standard InChI is InChI=1S/C20H25N3O4/c1-3-15-8-19(24)22-20(21-15)13-5-4-6-23(10-13)11-14-7-17-18(27-12-26-17)9-16(14)25-2/h7-9,13H,3-6,10-12H2,1-2H3,(H,21,22,24)/t13-/m1/s1. The third kappa shape index (κ3) is 3.78. The van der Waals surface area contributed by atoms with E-state index in [0.717, 1.165) is 73.2 Å². The molecule has 0 saturated carbocycles. The minimum Gasteiger partial charge on any atom is -0.496 e. The molecule has 2 aromatic rings. The third-order valence-electron chi connectivity index (χ3n) is 5.24. The van der Waals surface area contributed by atoms with Gasteiger partial charge >= 0.3 is 0 Å². The van der Waals surface area contributed by atoms with Crippen LogP contribution < -0.4 is 19.8 Å². The highest BCUT2D eigenvalue weighted by Crippen LogP contribution is 2.39. The Morgan fingerprint density at radius 1 is 1.30 bits per heavy atom. The number of hydrogen-bond donors (Lipinski definition) is 1. The Kier molecular flexibility index (Phi) is 5.03. The molecule has 27 heavy (non-hydrogen) atoms. The maximum absolute atomic E-state index is 11.9. The van der Waals surface area contributed by atoms with E-state index in [4.69, 9.17) is 14.2 Å². The number of benzene rings is 1. The van der Waals surface area contributed by atoms with Crippen LogP contribution in [0.1, 0.15) is 42.8 Å². The summed E-state index contributed by atoms with van der Waals surface area (Å²) in [6, 6.07) is 5.48.